The van der Waals surface area contributed by atoms with E-state index in [-0.39, 0.29) is 4.91 Å². The van der Waals surface area contributed by atoms with Gasteiger partial charge in [0.05, 0.1) is 5.69 Å². The Balaban J connectivity index is 2.33. The van der Waals surface area contributed by atoms with Gasteiger partial charge < -0.3 is 4.90 Å². The number of hydrogen-bond donors (Lipinski definition) is 1. The SMILES string of the molecule is Cc1ccc(NS(=O)(=O)C(C#N)=Cc2ccc(N(C)C)cc2)c(C)c1. The fourth-order valence-electron chi connectivity index (χ4n) is 2.32. The highest BCUT2D eigenvalue weighted by atomic mass is 32.2. The lowest BCUT2D eigenvalue weighted by Crippen LogP contribution is -2.15. The van der Waals surface area contributed by atoms with Crippen LogP contribution in [0.15, 0.2) is 47.4 Å². The zero-order chi connectivity index (χ0) is 18.6. The molecule has 130 valence electrons. The van der Waals surface area contributed by atoms with Gasteiger partial charge in [-0.3, -0.25) is 4.72 Å². The van der Waals surface area contributed by atoms with Crippen LogP contribution in [0.3, 0.4) is 0 Å². The van der Waals surface area contributed by atoms with E-state index in [2.05, 4.69) is 4.72 Å². The smallest absolute Gasteiger partial charge is 0.272 e. The Labute approximate surface area is 149 Å². The number of nitriles is 1. The molecule has 0 saturated heterocycles. The summed E-state index contributed by atoms with van der Waals surface area (Å²) in [4.78, 5) is 1.61. The molecule has 2 aromatic carbocycles. The molecule has 2 rings (SSSR count). The van der Waals surface area contributed by atoms with Crippen LogP contribution < -0.4 is 9.62 Å². The molecule has 0 radical (unpaired) electrons. The highest BCUT2D eigenvalue weighted by Gasteiger charge is 2.18. The molecule has 6 heteroatoms. The van der Waals surface area contributed by atoms with Gasteiger partial charge in [-0.15, -0.1) is 0 Å². The molecule has 25 heavy (non-hydrogen) atoms. The van der Waals surface area contributed by atoms with Crippen LogP contribution in [-0.2, 0) is 10.0 Å². The van der Waals surface area contributed by atoms with Crippen molar-refractivity contribution < 1.29 is 8.42 Å². The number of rotatable bonds is 5. The third-order valence-electron chi connectivity index (χ3n) is 3.73. The van der Waals surface area contributed by atoms with E-state index in [0.29, 0.717) is 11.3 Å². The van der Waals surface area contributed by atoms with Crippen LogP contribution in [-0.4, -0.2) is 22.5 Å². The van der Waals surface area contributed by atoms with E-state index in [1.165, 1.54) is 6.08 Å². The first-order valence-corrected chi connectivity index (χ1v) is 9.20. The maximum absolute atomic E-state index is 12.5. The normalized spacial score (nSPS) is 11.7. The van der Waals surface area contributed by atoms with Gasteiger partial charge in [0.15, 0.2) is 4.91 Å². The Bertz CT molecular complexity index is 938. The highest BCUT2D eigenvalue weighted by molar-refractivity contribution is 7.97. The van der Waals surface area contributed by atoms with Crippen molar-refractivity contribution in [2.24, 2.45) is 0 Å². The largest absolute Gasteiger partial charge is 0.378 e. The van der Waals surface area contributed by atoms with E-state index in [0.717, 1.165) is 16.8 Å². The van der Waals surface area contributed by atoms with Crippen LogP contribution in [0.1, 0.15) is 16.7 Å². The average Bonchev–Trinajstić information content (AvgIpc) is 2.55. The summed E-state index contributed by atoms with van der Waals surface area (Å²) in [6.07, 6.45) is 1.37. The lowest BCUT2D eigenvalue weighted by Gasteiger charge is -2.12. The minimum atomic E-state index is -3.95. The maximum atomic E-state index is 12.5. The van der Waals surface area contributed by atoms with Crippen LogP contribution >= 0.6 is 0 Å². The Hall–Kier alpha value is -2.78. The van der Waals surface area contributed by atoms with Crippen molar-refractivity contribution in [2.45, 2.75) is 13.8 Å². The zero-order valence-corrected chi connectivity index (χ0v) is 15.6. The summed E-state index contributed by atoms with van der Waals surface area (Å²) in [6, 6.07) is 14.5. The number of anilines is 2. The Kier molecular flexibility index (Phi) is 5.50. The summed E-state index contributed by atoms with van der Waals surface area (Å²) in [5, 5.41) is 9.31. The minimum absolute atomic E-state index is 0.329. The van der Waals surface area contributed by atoms with E-state index in [1.807, 2.05) is 57.1 Å². The summed E-state index contributed by atoms with van der Waals surface area (Å²) in [5.41, 5.74) is 3.95. The molecule has 1 N–H and O–H groups in total. The Morgan fingerprint density at radius 2 is 1.76 bits per heavy atom. The van der Waals surface area contributed by atoms with Crippen molar-refractivity contribution in [3.8, 4) is 6.07 Å². The second-order valence-electron chi connectivity index (χ2n) is 6.03. The summed E-state index contributed by atoms with van der Waals surface area (Å²) in [5.74, 6) is 0. The number of aryl methyl sites for hydroxylation is 2. The predicted octanol–water partition coefficient (Wildman–Crippen LogP) is 3.68. The predicted molar refractivity (Wildman–Crippen MR) is 103 cm³/mol. The summed E-state index contributed by atoms with van der Waals surface area (Å²) >= 11 is 0. The van der Waals surface area contributed by atoms with Crippen LogP contribution in [0.5, 0.6) is 0 Å². The van der Waals surface area contributed by atoms with Gasteiger partial charge in [0.2, 0.25) is 0 Å². The fraction of sp³-hybridized carbons (Fsp3) is 0.211. The van der Waals surface area contributed by atoms with Gasteiger partial charge in [0, 0.05) is 19.8 Å². The molecule has 0 atom stereocenters. The third kappa shape index (κ3) is 4.61. The quantitative estimate of drug-likeness (QED) is 0.831. The van der Waals surface area contributed by atoms with Crippen molar-refractivity contribution in [3.05, 3.63) is 64.1 Å². The molecule has 0 aliphatic rings. The molecule has 0 heterocycles. The standard InChI is InChI=1S/C19H21N3O2S/c1-14-5-10-19(15(2)11-14)21-25(23,24)18(13-20)12-16-6-8-17(9-7-16)22(3)4/h5-12,21H,1-4H3. The number of hydrogen-bond acceptors (Lipinski definition) is 4. The van der Waals surface area contributed by atoms with E-state index >= 15 is 0 Å². The van der Waals surface area contributed by atoms with Crippen molar-refractivity contribution in [2.75, 3.05) is 23.7 Å². The lowest BCUT2D eigenvalue weighted by atomic mass is 10.1. The van der Waals surface area contributed by atoms with E-state index < -0.39 is 10.0 Å². The Morgan fingerprint density at radius 3 is 2.28 bits per heavy atom. The number of nitrogens with one attached hydrogen (secondary N) is 1. The molecule has 0 unspecified atom stereocenters. The molecule has 2 aromatic rings. The monoisotopic (exact) mass is 355 g/mol. The average molecular weight is 355 g/mol. The number of sulfonamides is 1. The Morgan fingerprint density at radius 1 is 1.12 bits per heavy atom. The van der Waals surface area contributed by atoms with E-state index in [4.69, 9.17) is 0 Å². The number of allylic oxidation sites excluding steroid dienone is 1. The van der Waals surface area contributed by atoms with Crippen molar-refractivity contribution in [1.82, 2.24) is 0 Å². The second kappa shape index (κ2) is 7.41. The van der Waals surface area contributed by atoms with Crippen molar-refractivity contribution >= 4 is 27.5 Å². The molecular formula is C19H21N3O2S. The molecule has 0 bridgehead atoms. The molecular weight excluding hydrogens is 334 g/mol. The second-order valence-corrected chi connectivity index (χ2v) is 7.68. The number of nitrogens with zero attached hydrogens (tertiary/aromatic N) is 2. The first-order chi connectivity index (χ1) is 11.7. The number of benzene rings is 2. The first kappa shape index (κ1) is 18.6. The summed E-state index contributed by atoms with van der Waals surface area (Å²) in [7, 11) is -0.105. The van der Waals surface area contributed by atoms with Gasteiger partial charge in [0.1, 0.15) is 6.07 Å². The fourth-order valence-corrected chi connectivity index (χ4v) is 3.36. The molecule has 0 aliphatic heterocycles. The molecule has 5 nitrogen and oxygen atoms in total. The first-order valence-electron chi connectivity index (χ1n) is 7.72. The van der Waals surface area contributed by atoms with Crippen LogP contribution in [0.25, 0.3) is 6.08 Å². The van der Waals surface area contributed by atoms with Crippen molar-refractivity contribution in [3.63, 3.8) is 0 Å². The molecule has 0 saturated carbocycles. The zero-order valence-electron chi connectivity index (χ0n) is 14.7. The minimum Gasteiger partial charge on any atom is -0.378 e. The molecule has 0 aliphatic carbocycles. The van der Waals surface area contributed by atoms with Crippen LogP contribution in [0.4, 0.5) is 11.4 Å². The molecule has 0 fully saturated rings. The molecule has 0 spiro atoms. The van der Waals surface area contributed by atoms with Gasteiger partial charge >= 0.3 is 0 Å². The van der Waals surface area contributed by atoms with Crippen LogP contribution in [0, 0.1) is 25.2 Å². The third-order valence-corrected chi connectivity index (χ3v) is 5.01. The van der Waals surface area contributed by atoms with Crippen LogP contribution in [0.2, 0.25) is 0 Å². The molecule has 0 amide bonds. The summed E-state index contributed by atoms with van der Waals surface area (Å²) in [6.45, 7) is 3.75. The molecule has 0 aromatic heterocycles. The maximum Gasteiger partial charge on any atom is 0.272 e. The van der Waals surface area contributed by atoms with Crippen molar-refractivity contribution in [1.29, 1.82) is 5.26 Å². The highest BCUT2D eigenvalue weighted by Crippen LogP contribution is 2.21. The van der Waals surface area contributed by atoms with Gasteiger partial charge in [-0.05, 0) is 49.2 Å². The topological polar surface area (TPSA) is 73.2 Å². The summed E-state index contributed by atoms with van der Waals surface area (Å²) < 4.78 is 27.6. The van der Waals surface area contributed by atoms with Gasteiger partial charge in [-0.1, -0.05) is 29.8 Å². The van der Waals surface area contributed by atoms with Gasteiger partial charge in [-0.2, -0.15) is 5.26 Å². The van der Waals surface area contributed by atoms with Gasteiger partial charge in [0.25, 0.3) is 10.0 Å². The van der Waals surface area contributed by atoms with E-state index in [1.54, 1.807) is 24.3 Å². The van der Waals surface area contributed by atoms with E-state index in [9.17, 15) is 13.7 Å². The lowest BCUT2D eigenvalue weighted by molar-refractivity contribution is 0.608. The van der Waals surface area contributed by atoms with Gasteiger partial charge in [-0.25, -0.2) is 8.42 Å².